The third-order valence-electron chi connectivity index (χ3n) is 5.34. The van der Waals surface area contributed by atoms with Gasteiger partial charge in [0.2, 0.25) is 0 Å². The summed E-state index contributed by atoms with van der Waals surface area (Å²) in [5, 5.41) is 0. The second-order valence-electron chi connectivity index (χ2n) is 8.99. The second-order valence-corrected chi connectivity index (χ2v) is 10.4. The first-order valence-electron chi connectivity index (χ1n) is 10.6. The lowest BCUT2D eigenvalue weighted by Crippen LogP contribution is -2.46. The van der Waals surface area contributed by atoms with E-state index in [1.807, 2.05) is 51.2 Å². The SMILES string of the molecule is CN(Cc1cnc(-c2ccc([S+](C)[O-])cc2)cn1)C1CCN(C(=O)OC(C)(C)C)CC1. The van der Waals surface area contributed by atoms with Gasteiger partial charge in [-0.05, 0) is 76.1 Å². The molecule has 1 amide bonds. The van der Waals surface area contributed by atoms with Gasteiger partial charge in [-0.2, -0.15) is 0 Å². The van der Waals surface area contributed by atoms with Crippen LogP contribution in [0.3, 0.4) is 0 Å². The first kappa shape index (κ1) is 23.5. The van der Waals surface area contributed by atoms with E-state index >= 15 is 0 Å². The standard InChI is InChI=1S/C23H32N4O3S/c1-23(2,3)30-22(28)27-12-10-19(11-13-27)26(4)16-18-14-25-21(15-24-18)17-6-8-20(9-7-17)31(5)29/h6-9,14-15,19H,10-13,16H2,1-5H3. The summed E-state index contributed by atoms with van der Waals surface area (Å²) in [6.07, 6.45) is 6.85. The van der Waals surface area contributed by atoms with E-state index in [2.05, 4.69) is 21.9 Å². The monoisotopic (exact) mass is 444 g/mol. The van der Waals surface area contributed by atoms with E-state index in [0.717, 1.165) is 34.7 Å². The highest BCUT2D eigenvalue weighted by Crippen LogP contribution is 2.21. The fraction of sp³-hybridized carbons (Fsp3) is 0.522. The number of carbonyl (C=O) groups excluding carboxylic acids is 1. The van der Waals surface area contributed by atoms with Crippen LogP contribution < -0.4 is 0 Å². The lowest BCUT2D eigenvalue weighted by atomic mass is 10.0. The van der Waals surface area contributed by atoms with E-state index in [1.165, 1.54) is 0 Å². The number of ether oxygens (including phenoxy) is 1. The van der Waals surface area contributed by atoms with Crippen LogP contribution >= 0.6 is 0 Å². The molecule has 1 saturated heterocycles. The number of likely N-dealkylation sites (tertiary alicyclic amines) is 1. The van der Waals surface area contributed by atoms with Gasteiger partial charge < -0.3 is 14.2 Å². The summed E-state index contributed by atoms with van der Waals surface area (Å²) < 4.78 is 17.0. The zero-order chi connectivity index (χ0) is 22.6. The fourth-order valence-electron chi connectivity index (χ4n) is 3.60. The molecule has 0 N–H and O–H groups in total. The highest BCUT2D eigenvalue weighted by Gasteiger charge is 2.28. The van der Waals surface area contributed by atoms with Gasteiger partial charge in [0, 0.05) is 31.2 Å². The average molecular weight is 445 g/mol. The van der Waals surface area contributed by atoms with Crippen LogP contribution in [0.15, 0.2) is 41.6 Å². The molecule has 1 aliphatic rings. The van der Waals surface area contributed by atoms with Crippen LogP contribution in [-0.4, -0.2) is 68.4 Å². The van der Waals surface area contributed by atoms with Gasteiger partial charge >= 0.3 is 6.09 Å². The third-order valence-corrected chi connectivity index (χ3v) is 6.27. The van der Waals surface area contributed by atoms with Gasteiger partial charge in [0.05, 0.1) is 23.8 Å². The molecule has 2 heterocycles. The Morgan fingerprint density at radius 3 is 2.35 bits per heavy atom. The molecule has 7 nitrogen and oxygen atoms in total. The summed E-state index contributed by atoms with van der Waals surface area (Å²) in [6.45, 7) is 7.78. The highest BCUT2D eigenvalue weighted by molar-refractivity contribution is 7.90. The van der Waals surface area contributed by atoms with Gasteiger partial charge in [0.15, 0.2) is 4.90 Å². The summed E-state index contributed by atoms with van der Waals surface area (Å²) in [5.74, 6) is 0. The summed E-state index contributed by atoms with van der Waals surface area (Å²) in [4.78, 5) is 26.3. The summed E-state index contributed by atoms with van der Waals surface area (Å²) in [7, 11) is 2.09. The molecule has 2 aromatic rings. The van der Waals surface area contributed by atoms with Crippen molar-refractivity contribution in [1.29, 1.82) is 0 Å². The average Bonchev–Trinajstić information content (AvgIpc) is 2.73. The number of hydrogen-bond donors (Lipinski definition) is 0. The fourth-order valence-corrected chi connectivity index (χ4v) is 4.12. The van der Waals surface area contributed by atoms with Crippen LogP contribution in [0, 0.1) is 0 Å². The number of carbonyl (C=O) groups is 1. The summed E-state index contributed by atoms with van der Waals surface area (Å²) in [5.41, 5.74) is 2.19. The lowest BCUT2D eigenvalue weighted by molar-refractivity contribution is 0.0152. The van der Waals surface area contributed by atoms with E-state index < -0.39 is 16.8 Å². The first-order valence-corrected chi connectivity index (χ1v) is 12.1. The molecule has 0 radical (unpaired) electrons. The third kappa shape index (κ3) is 6.66. The lowest BCUT2D eigenvalue weighted by Gasteiger charge is -2.37. The molecule has 0 spiro atoms. The molecular formula is C23H32N4O3S. The Bertz CT molecular complexity index is 858. The van der Waals surface area contributed by atoms with Crippen LogP contribution in [0.25, 0.3) is 11.3 Å². The molecule has 3 rings (SSSR count). The van der Waals surface area contributed by atoms with Crippen LogP contribution in [0.2, 0.25) is 0 Å². The molecule has 1 aromatic heterocycles. The minimum atomic E-state index is -0.987. The quantitative estimate of drug-likeness (QED) is 0.654. The first-order chi connectivity index (χ1) is 14.6. The molecule has 1 atom stereocenters. The minimum absolute atomic E-state index is 0.228. The maximum atomic E-state index is 12.2. The van der Waals surface area contributed by atoms with Gasteiger partial charge in [-0.15, -0.1) is 0 Å². The van der Waals surface area contributed by atoms with E-state index in [9.17, 15) is 9.35 Å². The number of aromatic nitrogens is 2. The van der Waals surface area contributed by atoms with E-state index in [0.29, 0.717) is 25.7 Å². The number of piperidine rings is 1. The Labute approximate surface area is 188 Å². The van der Waals surface area contributed by atoms with Crippen molar-refractivity contribution < 1.29 is 14.1 Å². The number of rotatable bonds is 5. The molecule has 168 valence electrons. The number of benzene rings is 1. The Hall–Kier alpha value is -2.16. The van der Waals surface area contributed by atoms with Gasteiger partial charge in [-0.25, -0.2) is 4.79 Å². The van der Waals surface area contributed by atoms with Gasteiger partial charge in [0.25, 0.3) is 0 Å². The summed E-state index contributed by atoms with van der Waals surface area (Å²) >= 11 is -0.987. The van der Waals surface area contributed by atoms with Crippen LogP contribution in [0.4, 0.5) is 4.79 Å². The van der Waals surface area contributed by atoms with Crippen molar-refractivity contribution in [2.24, 2.45) is 0 Å². The van der Waals surface area contributed by atoms with Gasteiger partial charge in [0.1, 0.15) is 11.9 Å². The second kappa shape index (κ2) is 9.97. The largest absolute Gasteiger partial charge is 0.612 e. The van der Waals surface area contributed by atoms with Gasteiger partial charge in [-0.3, -0.25) is 14.9 Å². The van der Waals surface area contributed by atoms with Crippen molar-refractivity contribution in [1.82, 2.24) is 19.8 Å². The molecule has 31 heavy (non-hydrogen) atoms. The molecule has 0 saturated carbocycles. The molecule has 0 aliphatic carbocycles. The maximum absolute atomic E-state index is 12.2. The molecule has 1 fully saturated rings. The van der Waals surface area contributed by atoms with Crippen molar-refractivity contribution in [3.63, 3.8) is 0 Å². The van der Waals surface area contributed by atoms with Crippen molar-refractivity contribution in [2.45, 2.75) is 56.7 Å². The molecule has 1 unspecified atom stereocenters. The molecular weight excluding hydrogens is 412 g/mol. The Morgan fingerprint density at radius 2 is 1.84 bits per heavy atom. The number of nitrogens with zero attached hydrogens (tertiary/aromatic N) is 4. The van der Waals surface area contributed by atoms with Crippen molar-refractivity contribution in [3.05, 3.63) is 42.4 Å². The van der Waals surface area contributed by atoms with E-state index in [4.69, 9.17) is 4.74 Å². The molecule has 1 aromatic carbocycles. The number of hydrogen-bond acceptors (Lipinski definition) is 6. The van der Waals surface area contributed by atoms with Crippen molar-refractivity contribution in [2.75, 3.05) is 26.4 Å². The normalized spacial score (nSPS) is 16.4. The highest BCUT2D eigenvalue weighted by atomic mass is 32.2. The van der Waals surface area contributed by atoms with Crippen molar-refractivity contribution >= 4 is 17.3 Å². The predicted octanol–water partition coefficient (Wildman–Crippen LogP) is 3.71. The van der Waals surface area contributed by atoms with E-state index in [-0.39, 0.29) is 6.09 Å². The zero-order valence-corrected chi connectivity index (χ0v) is 19.8. The Morgan fingerprint density at radius 1 is 1.19 bits per heavy atom. The minimum Gasteiger partial charge on any atom is -0.612 e. The molecule has 8 heteroatoms. The Balaban J connectivity index is 1.52. The predicted molar refractivity (Wildman–Crippen MR) is 122 cm³/mol. The van der Waals surface area contributed by atoms with E-state index in [1.54, 1.807) is 17.4 Å². The Kier molecular flexibility index (Phi) is 7.56. The van der Waals surface area contributed by atoms with Crippen LogP contribution in [0.5, 0.6) is 0 Å². The van der Waals surface area contributed by atoms with Crippen LogP contribution in [0.1, 0.15) is 39.3 Å². The van der Waals surface area contributed by atoms with Crippen LogP contribution in [-0.2, 0) is 22.5 Å². The molecule has 0 bridgehead atoms. The maximum Gasteiger partial charge on any atom is 0.410 e. The zero-order valence-electron chi connectivity index (χ0n) is 19.0. The molecule has 1 aliphatic heterocycles. The van der Waals surface area contributed by atoms with Crippen molar-refractivity contribution in [3.8, 4) is 11.3 Å². The van der Waals surface area contributed by atoms with Gasteiger partial charge in [-0.1, -0.05) is 0 Å². The smallest absolute Gasteiger partial charge is 0.410 e. The number of amides is 1. The summed E-state index contributed by atoms with van der Waals surface area (Å²) in [6, 6.07) is 7.95. The topological polar surface area (TPSA) is 81.6 Å².